The van der Waals surface area contributed by atoms with Gasteiger partial charge in [-0.05, 0) is 5.92 Å². The van der Waals surface area contributed by atoms with E-state index < -0.39 is 11.3 Å². The normalized spacial score (nSPS) is 11.1. The highest BCUT2D eigenvalue weighted by Crippen LogP contribution is 2.20. The van der Waals surface area contributed by atoms with Gasteiger partial charge in [-0.3, -0.25) is 4.98 Å². The molecule has 0 saturated heterocycles. The maximum Gasteiger partial charge on any atom is 0.423 e. The number of rotatable bonds is 1. The molecule has 0 radical (unpaired) electrons. The van der Waals surface area contributed by atoms with E-state index in [4.69, 9.17) is 8.83 Å². The van der Waals surface area contributed by atoms with Gasteiger partial charge in [0.05, 0.1) is 5.69 Å². The minimum absolute atomic E-state index is 0.0875. The van der Waals surface area contributed by atoms with Crippen LogP contribution in [0, 0.1) is 0 Å². The Morgan fingerprint density at radius 3 is 2.53 bits per heavy atom. The number of nitrogens with zero attached hydrogens (tertiary/aromatic N) is 1. The second-order valence-electron chi connectivity index (χ2n) is 3.46. The monoisotopic (exact) mass is 207 g/mol. The highest BCUT2D eigenvalue weighted by molar-refractivity contribution is 5.71. The molecule has 0 aliphatic heterocycles. The molecule has 2 rings (SSSR count). The van der Waals surface area contributed by atoms with Crippen molar-refractivity contribution in [3.05, 3.63) is 38.8 Å². The Morgan fingerprint density at radius 1 is 1.20 bits per heavy atom. The third kappa shape index (κ3) is 1.56. The summed E-state index contributed by atoms with van der Waals surface area (Å²) in [5, 5.41) is 0. The molecule has 0 atom stereocenters. The van der Waals surface area contributed by atoms with Crippen molar-refractivity contribution in [2.45, 2.75) is 19.8 Å². The predicted octanol–water partition coefficient (Wildman–Crippen LogP) is 1.26. The van der Waals surface area contributed by atoms with Crippen molar-refractivity contribution in [1.29, 1.82) is 0 Å². The van der Waals surface area contributed by atoms with Crippen molar-refractivity contribution >= 4 is 11.2 Å². The van der Waals surface area contributed by atoms with Gasteiger partial charge in [0.2, 0.25) is 0 Å². The lowest BCUT2D eigenvalue weighted by molar-refractivity contribution is 0.444. The van der Waals surface area contributed by atoms with Crippen LogP contribution in [0.2, 0.25) is 0 Å². The first-order chi connectivity index (χ1) is 7.09. The summed E-state index contributed by atoms with van der Waals surface area (Å²) in [5.41, 5.74) is -0.899. The largest absolute Gasteiger partial charge is 0.423 e. The fourth-order valence-electron chi connectivity index (χ4n) is 1.32. The van der Waals surface area contributed by atoms with Crippen LogP contribution < -0.4 is 11.3 Å². The first-order valence-corrected chi connectivity index (χ1v) is 4.52. The number of hydrogen-bond donors (Lipinski definition) is 0. The van der Waals surface area contributed by atoms with Gasteiger partial charge >= 0.3 is 11.3 Å². The Bertz CT molecular complexity index is 609. The number of pyridine rings is 1. The Labute approximate surface area is 84.4 Å². The van der Waals surface area contributed by atoms with E-state index in [9.17, 15) is 9.59 Å². The molecule has 0 bridgehead atoms. The smallest absolute Gasteiger partial charge is 0.414 e. The van der Waals surface area contributed by atoms with E-state index in [0.29, 0.717) is 5.69 Å². The Balaban J connectivity index is 2.92. The molecule has 5 nitrogen and oxygen atoms in total. The van der Waals surface area contributed by atoms with Gasteiger partial charge in [0.1, 0.15) is 0 Å². The second kappa shape index (κ2) is 3.34. The zero-order valence-electron chi connectivity index (χ0n) is 8.31. The maximum atomic E-state index is 11.0. The average molecular weight is 207 g/mol. The highest BCUT2D eigenvalue weighted by Gasteiger charge is 2.12. The first kappa shape index (κ1) is 9.64. The van der Waals surface area contributed by atoms with Crippen LogP contribution in [0.15, 0.2) is 30.7 Å². The van der Waals surface area contributed by atoms with Gasteiger partial charge in [0, 0.05) is 12.3 Å². The molecule has 0 aromatic carbocycles. The summed E-state index contributed by atoms with van der Waals surface area (Å²) in [7, 11) is 0. The van der Waals surface area contributed by atoms with Gasteiger partial charge in [-0.1, -0.05) is 13.8 Å². The standard InChI is InChI=1S/C10H9NO4/c1-5(2)7-8-6(3-4-11-7)14-9(12)10(13)15-8/h3-5H,1-2H3. The summed E-state index contributed by atoms with van der Waals surface area (Å²) >= 11 is 0. The van der Waals surface area contributed by atoms with Crippen molar-refractivity contribution in [2.75, 3.05) is 0 Å². The lowest BCUT2D eigenvalue weighted by Gasteiger charge is -2.04. The molecular formula is C10H9NO4. The van der Waals surface area contributed by atoms with E-state index in [-0.39, 0.29) is 17.1 Å². The average Bonchev–Trinajstić information content (AvgIpc) is 2.18. The molecule has 2 aromatic heterocycles. The molecule has 5 heteroatoms. The van der Waals surface area contributed by atoms with Gasteiger partial charge in [-0.25, -0.2) is 9.59 Å². The highest BCUT2D eigenvalue weighted by atomic mass is 16.5. The zero-order chi connectivity index (χ0) is 11.0. The summed E-state index contributed by atoms with van der Waals surface area (Å²) in [6.45, 7) is 3.82. The Kier molecular flexibility index (Phi) is 2.15. The van der Waals surface area contributed by atoms with Gasteiger partial charge in [-0.2, -0.15) is 0 Å². The van der Waals surface area contributed by atoms with Crippen LogP contribution in [-0.2, 0) is 0 Å². The number of hydrogen-bond acceptors (Lipinski definition) is 5. The molecular weight excluding hydrogens is 198 g/mol. The SMILES string of the molecule is CC(C)c1nccc2oc(=O)c(=O)oc12. The van der Waals surface area contributed by atoms with E-state index in [1.54, 1.807) is 0 Å². The lowest BCUT2D eigenvalue weighted by atomic mass is 10.1. The van der Waals surface area contributed by atoms with Crippen LogP contribution in [0.3, 0.4) is 0 Å². The van der Waals surface area contributed by atoms with Crippen LogP contribution in [-0.4, -0.2) is 4.98 Å². The quantitative estimate of drug-likeness (QED) is 0.658. The van der Waals surface area contributed by atoms with Crippen molar-refractivity contribution in [2.24, 2.45) is 0 Å². The van der Waals surface area contributed by atoms with Crippen molar-refractivity contribution < 1.29 is 8.83 Å². The van der Waals surface area contributed by atoms with Crippen LogP contribution in [0.4, 0.5) is 0 Å². The molecule has 2 heterocycles. The molecule has 0 fully saturated rings. The fourth-order valence-corrected chi connectivity index (χ4v) is 1.32. The summed E-state index contributed by atoms with van der Waals surface area (Å²) in [4.78, 5) is 26.0. The van der Waals surface area contributed by atoms with E-state index in [1.807, 2.05) is 13.8 Å². The fraction of sp³-hybridized carbons (Fsp3) is 0.300. The topological polar surface area (TPSA) is 73.3 Å². The molecule has 0 N–H and O–H groups in total. The molecule has 15 heavy (non-hydrogen) atoms. The predicted molar refractivity (Wildman–Crippen MR) is 52.9 cm³/mol. The molecule has 0 saturated carbocycles. The van der Waals surface area contributed by atoms with Crippen LogP contribution in [0.25, 0.3) is 11.2 Å². The minimum Gasteiger partial charge on any atom is -0.414 e. The maximum absolute atomic E-state index is 11.0. The Morgan fingerprint density at radius 2 is 1.87 bits per heavy atom. The lowest BCUT2D eigenvalue weighted by Crippen LogP contribution is -2.21. The van der Waals surface area contributed by atoms with E-state index >= 15 is 0 Å². The van der Waals surface area contributed by atoms with Gasteiger partial charge in [0.25, 0.3) is 0 Å². The summed E-state index contributed by atoms with van der Waals surface area (Å²) in [5.74, 6) is 0.0875. The van der Waals surface area contributed by atoms with E-state index in [1.165, 1.54) is 12.3 Å². The summed E-state index contributed by atoms with van der Waals surface area (Å²) in [6, 6.07) is 1.49. The molecule has 0 amide bonds. The molecule has 78 valence electrons. The molecule has 0 unspecified atom stereocenters. The van der Waals surface area contributed by atoms with Crippen LogP contribution in [0.1, 0.15) is 25.5 Å². The molecule has 0 spiro atoms. The third-order valence-corrected chi connectivity index (χ3v) is 2.01. The van der Waals surface area contributed by atoms with Crippen LogP contribution >= 0.6 is 0 Å². The third-order valence-electron chi connectivity index (χ3n) is 2.01. The molecule has 0 aliphatic carbocycles. The number of aromatic nitrogens is 1. The van der Waals surface area contributed by atoms with Crippen molar-refractivity contribution in [3.8, 4) is 0 Å². The minimum atomic E-state index is -1.00. The van der Waals surface area contributed by atoms with Crippen molar-refractivity contribution in [1.82, 2.24) is 4.98 Å². The van der Waals surface area contributed by atoms with E-state index in [0.717, 1.165) is 0 Å². The van der Waals surface area contributed by atoms with Gasteiger partial charge in [-0.15, -0.1) is 0 Å². The number of fused-ring (bicyclic) bond motifs is 1. The summed E-state index contributed by atoms with van der Waals surface area (Å²) < 4.78 is 9.64. The molecule has 0 aliphatic rings. The van der Waals surface area contributed by atoms with Crippen LogP contribution in [0.5, 0.6) is 0 Å². The second-order valence-corrected chi connectivity index (χ2v) is 3.46. The Hall–Kier alpha value is -1.91. The van der Waals surface area contributed by atoms with Gasteiger partial charge < -0.3 is 8.83 Å². The van der Waals surface area contributed by atoms with E-state index in [2.05, 4.69) is 4.98 Å². The molecule has 2 aromatic rings. The summed E-state index contributed by atoms with van der Waals surface area (Å²) in [6.07, 6.45) is 1.51. The first-order valence-electron chi connectivity index (χ1n) is 4.52. The zero-order valence-corrected chi connectivity index (χ0v) is 8.31. The van der Waals surface area contributed by atoms with Crippen molar-refractivity contribution in [3.63, 3.8) is 0 Å². The van der Waals surface area contributed by atoms with Gasteiger partial charge in [0.15, 0.2) is 11.2 Å².